The highest BCUT2D eigenvalue weighted by Gasteiger charge is 2.61. The first-order chi connectivity index (χ1) is 17.3. The Morgan fingerprint density at radius 2 is 1.78 bits per heavy atom. The minimum Gasteiger partial charge on any atom is -0.358 e. The van der Waals surface area contributed by atoms with E-state index >= 15 is 0 Å². The molecule has 1 saturated heterocycles. The van der Waals surface area contributed by atoms with Gasteiger partial charge in [0.15, 0.2) is 5.02 Å². The SMILES string of the molecule is Cc1c(Cl)c([N+](=O)[O-])nn1C12CC3CC(CC(CC(=O)N4CCN(Cc5ccccc5)CC4)(C3)C1)C2. The van der Waals surface area contributed by atoms with Gasteiger partial charge in [0.25, 0.3) is 0 Å². The Bertz CT molecular complexity index is 1160. The van der Waals surface area contributed by atoms with Gasteiger partial charge in [-0.1, -0.05) is 41.9 Å². The quantitative estimate of drug-likeness (QED) is 0.411. The topological polar surface area (TPSA) is 84.5 Å². The second-order valence-electron chi connectivity index (χ2n) is 11.9. The summed E-state index contributed by atoms with van der Waals surface area (Å²) in [6, 6.07) is 10.5. The van der Waals surface area contributed by atoms with Crippen LogP contribution in [0.1, 0.15) is 56.2 Å². The molecule has 2 atom stereocenters. The van der Waals surface area contributed by atoms with Crippen molar-refractivity contribution in [1.82, 2.24) is 19.6 Å². The lowest BCUT2D eigenvalue weighted by Crippen LogP contribution is -2.58. The van der Waals surface area contributed by atoms with Gasteiger partial charge in [-0.2, -0.15) is 4.68 Å². The van der Waals surface area contributed by atoms with Gasteiger partial charge in [-0.25, -0.2) is 0 Å². The molecule has 2 heterocycles. The van der Waals surface area contributed by atoms with Crippen LogP contribution >= 0.6 is 11.6 Å². The fourth-order valence-corrected chi connectivity index (χ4v) is 8.52. The Morgan fingerprint density at radius 1 is 1.11 bits per heavy atom. The summed E-state index contributed by atoms with van der Waals surface area (Å²) in [6.45, 7) is 6.12. The number of aromatic nitrogens is 2. The van der Waals surface area contributed by atoms with Gasteiger partial charge < -0.3 is 15.0 Å². The standard InChI is InChI=1S/C27H34ClN5O3/c1-19-24(28)25(33(35)36)29-32(19)27-14-21-11-22(15-27)13-26(12-21,18-27)16-23(34)31-9-7-30(8-10-31)17-20-5-3-2-4-6-20/h2-6,21-22H,7-18H2,1H3. The molecule has 4 bridgehead atoms. The molecule has 36 heavy (non-hydrogen) atoms. The molecule has 9 heteroatoms. The Kier molecular flexibility index (Phi) is 5.87. The zero-order valence-electron chi connectivity index (χ0n) is 20.9. The molecule has 2 aromatic rings. The largest absolute Gasteiger partial charge is 0.408 e. The molecule has 7 rings (SSSR count). The van der Waals surface area contributed by atoms with Gasteiger partial charge in [0.05, 0.1) is 16.3 Å². The van der Waals surface area contributed by atoms with E-state index in [1.807, 2.05) is 17.7 Å². The average Bonchev–Trinajstić information content (AvgIpc) is 3.14. The van der Waals surface area contributed by atoms with Gasteiger partial charge in [-0.05, 0) is 73.2 Å². The molecule has 8 nitrogen and oxygen atoms in total. The van der Waals surface area contributed by atoms with E-state index in [2.05, 4.69) is 39.2 Å². The second-order valence-corrected chi connectivity index (χ2v) is 12.3. The second kappa shape index (κ2) is 8.84. The summed E-state index contributed by atoms with van der Waals surface area (Å²) in [5.74, 6) is 1.11. The van der Waals surface area contributed by atoms with Gasteiger partial charge in [-0.15, -0.1) is 0 Å². The van der Waals surface area contributed by atoms with Crippen LogP contribution in [0.15, 0.2) is 30.3 Å². The van der Waals surface area contributed by atoms with Crippen molar-refractivity contribution in [3.63, 3.8) is 0 Å². The fourth-order valence-electron chi connectivity index (χ4n) is 8.33. The summed E-state index contributed by atoms with van der Waals surface area (Å²) in [6.07, 6.45) is 6.77. The maximum atomic E-state index is 13.6. The highest BCUT2D eigenvalue weighted by molar-refractivity contribution is 6.33. The lowest BCUT2D eigenvalue weighted by Gasteiger charge is -2.61. The normalized spacial score (nSPS) is 31.7. The smallest absolute Gasteiger partial charge is 0.358 e. The molecule has 1 aromatic carbocycles. The van der Waals surface area contributed by atoms with Crippen molar-refractivity contribution in [2.75, 3.05) is 26.2 Å². The van der Waals surface area contributed by atoms with Crippen LogP contribution < -0.4 is 0 Å². The molecule has 5 aliphatic rings. The summed E-state index contributed by atoms with van der Waals surface area (Å²) in [5, 5.41) is 16.1. The summed E-state index contributed by atoms with van der Waals surface area (Å²) in [4.78, 5) is 29.1. The number of carbonyl (C=O) groups is 1. The van der Waals surface area contributed by atoms with Crippen LogP contribution in [-0.4, -0.2) is 56.6 Å². The van der Waals surface area contributed by atoms with Crippen LogP contribution in [0, 0.1) is 34.3 Å². The number of hydrogen-bond acceptors (Lipinski definition) is 5. The van der Waals surface area contributed by atoms with Gasteiger partial charge in [0.1, 0.15) is 0 Å². The highest BCUT2D eigenvalue weighted by Crippen LogP contribution is 2.65. The van der Waals surface area contributed by atoms with Gasteiger partial charge >= 0.3 is 5.82 Å². The maximum Gasteiger partial charge on any atom is 0.408 e. The minimum absolute atomic E-state index is 0.0397. The van der Waals surface area contributed by atoms with E-state index in [0.717, 1.165) is 64.8 Å². The zero-order chi connectivity index (χ0) is 25.1. The molecule has 4 saturated carbocycles. The lowest BCUT2D eigenvalue weighted by molar-refractivity contribution is -0.389. The number of carbonyl (C=O) groups excluding carboxylic acids is 1. The lowest BCUT2D eigenvalue weighted by atomic mass is 9.46. The summed E-state index contributed by atoms with van der Waals surface area (Å²) < 4.78 is 1.88. The van der Waals surface area contributed by atoms with Crippen molar-refractivity contribution >= 4 is 23.3 Å². The molecule has 4 aliphatic carbocycles. The van der Waals surface area contributed by atoms with Crippen LogP contribution in [0.3, 0.4) is 0 Å². The summed E-state index contributed by atoms with van der Waals surface area (Å²) >= 11 is 6.34. The van der Waals surface area contributed by atoms with E-state index in [1.54, 1.807) is 0 Å². The van der Waals surface area contributed by atoms with Crippen molar-refractivity contribution in [3.8, 4) is 0 Å². The van der Waals surface area contributed by atoms with Gasteiger partial charge in [0, 0.05) is 39.1 Å². The Balaban J connectivity index is 1.16. The Labute approximate surface area is 216 Å². The summed E-state index contributed by atoms with van der Waals surface area (Å²) in [5.41, 5.74) is 1.69. The van der Waals surface area contributed by atoms with E-state index in [9.17, 15) is 14.9 Å². The molecule has 192 valence electrons. The van der Waals surface area contributed by atoms with Crippen LogP contribution in [-0.2, 0) is 16.9 Å². The van der Waals surface area contributed by atoms with Crippen molar-refractivity contribution in [1.29, 1.82) is 0 Å². The van der Waals surface area contributed by atoms with Gasteiger partial charge in [0.2, 0.25) is 5.91 Å². The first-order valence-corrected chi connectivity index (χ1v) is 13.6. The predicted molar refractivity (Wildman–Crippen MR) is 137 cm³/mol. The van der Waals surface area contributed by atoms with E-state index in [-0.39, 0.29) is 27.7 Å². The van der Waals surface area contributed by atoms with Crippen LogP contribution in [0.5, 0.6) is 0 Å². The monoisotopic (exact) mass is 511 g/mol. The van der Waals surface area contributed by atoms with Crippen LogP contribution in [0.25, 0.3) is 0 Å². The van der Waals surface area contributed by atoms with Crippen molar-refractivity contribution in [2.45, 2.75) is 64.0 Å². The highest BCUT2D eigenvalue weighted by atomic mass is 35.5. The van der Waals surface area contributed by atoms with E-state index in [4.69, 9.17) is 11.6 Å². The molecule has 0 N–H and O–H groups in total. The number of hydrogen-bond donors (Lipinski definition) is 0. The number of benzene rings is 1. The zero-order valence-corrected chi connectivity index (χ0v) is 21.6. The first kappa shape index (κ1) is 23.9. The molecule has 5 fully saturated rings. The number of amides is 1. The molecular weight excluding hydrogens is 478 g/mol. The third kappa shape index (κ3) is 4.12. The fraction of sp³-hybridized carbons (Fsp3) is 0.630. The first-order valence-electron chi connectivity index (χ1n) is 13.2. The number of piperazine rings is 1. The van der Waals surface area contributed by atoms with Gasteiger partial charge in [-0.3, -0.25) is 9.69 Å². The van der Waals surface area contributed by atoms with E-state index in [0.29, 0.717) is 24.0 Å². The molecule has 1 aliphatic heterocycles. The maximum absolute atomic E-state index is 13.6. The van der Waals surface area contributed by atoms with Crippen molar-refractivity contribution in [2.24, 2.45) is 17.3 Å². The van der Waals surface area contributed by atoms with Crippen LogP contribution in [0.2, 0.25) is 5.02 Å². The molecule has 0 spiro atoms. The summed E-state index contributed by atoms with van der Waals surface area (Å²) in [7, 11) is 0. The minimum atomic E-state index is -0.483. The number of halogens is 1. The molecular formula is C27H34ClN5O3. The average molecular weight is 512 g/mol. The third-order valence-corrected chi connectivity index (χ3v) is 9.74. The third-order valence-electron chi connectivity index (χ3n) is 9.30. The van der Waals surface area contributed by atoms with E-state index < -0.39 is 4.92 Å². The Hall–Kier alpha value is -2.45. The molecule has 0 radical (unpaired) electrons. The van der Waals surface area contributed by atoms with Crippen molar-refractivity contribution in [3.05, 3.63) is 56.7 Å². The number of nitrogens with zero attached hydrogens (tertiary/aromatic N) is 5. The number of rotatable bonds is 6. The van der Waals surface area contributed by atoms with Crippen molar-refractivity contribution < 1.29 is 9.72 Å². The Morgan fingerprint density at radius 3 is 2.39 bits per heavy atom. The predicted octanol–water partition coefficient (Wildman–Crippen LogP) is 4.78. The molecule has 2 unspecified atom stereocenters. The van der Waals surface area contributed by atoms with E-state index in [1.165, 1.54) is 12.0 Å². The number of nitro groups is 1. The molecule has 1 amide bonds. The molecule has 1 aromatic heterocycles. The van der Waals surface area contributed by atoms with Crippen LogP contribution in [0.4, 0.5) is 5.82 Å².